The zero-order valence-corrected chi connectivity index (χ0v) is 16.6. The number of ketones is 1. The van der Waals surface area contributed by atoms with E-state index in [1.807, 2.05) is 50.2 Å². The summed E-state index contributed by atoms with van der Waals surface area (Å²) in [5.41, 5.74) is 5.66. The Morgan fingerprint density at radius 1 is 1.00 bits per heavy atom. The van der Waals surface area contributed by atoms with Crippen LogP contribution in [0.1, 0.15) is 48.3 Å². The SMILES string of the molecule is COc1ccccc1C1CC(=O)N(c2cc(C)cc(C)c2)C2=C1C(=O)CCC2. The van der Waals surface area contributed by atoms with Gasteiger partial charge in [0.05, 0.1) is 7.11 Å². The fourth-order valence-corrected chi connectivity index (χ4v) is 4.59. The van der Waals surface area contributed by atoms with Crippen LogP contribution in [0.5, 0.6) is 5.75 Å². The van der Waals surface area contributed by atoms with E-state index in [-0.39, 0.29) is 24.0 Å². The van der Waals surface area contributed by atoms with E-state index in [0.29, 0.717) is 6.42 Å². The van der Waals surface area contributed by atoms with E-state index in [1.165, 1.54) is 0 Å². The molecule has 1 aliphatic carbocycles. The predicted molar refractivity (Wildman–Crippen MR) is 110 cm³/mol. The van der Waals surface area contributed by atoms with Crippen LogP contribution in [0.3, 0.4) is 0 Å². The van der Waals surface area contributed by atoms with Crippen LogP contribution in [0.4, 0.5) is 5.69 Å². The smallest absolute Gasteiger partial charge is 0.232 e. The maximum absolute atomic E-state index is 13.3. The minimum atomic E-state index is -0.242. The first-order valence-corrected chi connectivity index (χ1v) is 9.80. The molecule has 0 aromatic heterocycles. The third kappa shape index (κ3) is 3.13. The Balaban J connectivity index is 1.89. The minimum absolute atomic E-state index is 0.0364. The Kier molecular flexibility index (Phi) is 4.80. The van der Waals surface area contributed by atoms with Gasteiger partial charge in [-0.2, -0.15) is 0 Å². The largest absolute Gasteiger partial charge is 0.496 e. The molecule has 0 bridgehead atoms. The number of benzene rings is 2. The number of nitrogens with zero attached hydrogens (tertiary/aromatic N) is 1. The Bertz CT molecular complexity index is 969. The Labute approximate surface area is 165 Å². The van der Waals surface area contributed by atoms with Crippen molar-refractivity contribution in [2.75, 3.05) is 12.0 Å². The summed E-state index contributed by atoms with van der Waals surface area (Å²) in [7, 11) is 1.63. The summed E-state index contributed by atoms with van der Waals surface area (Å²) in [5, 5.41) is 0. The van der Waals surface area contributed by atoms with E-state index in [4.69, 9.17) is 4.74 Å². The number of hydrogen-bond acceptors (Lipinski definition) is 3. The van der Waals surface area contributed by atoms with Crippen molar-refractivity contribution in [1.29, 1.82) is 0 Å². The van der Waals surface area contributed by atoms with Gasteiger partial charge >= 0.3 is 0 Å². The van der Waals surface area contributed by atoms with Gasteiger partial charge in [-0.05, 0) is 56.0 Å². The normalized spacial score (nSPS) is 19.7. The van der Waals surface area contributed by atoms with Gasteiger partial charge in [-0.1, -0.05) is 24.3 Å². The summed E-state index contributed by atoms with van der Waals surface area (Å²) >= 11 is 0. The van der Waals surface area contributed by atoms with Crippen molar-refractivity contribution < 1.29 is 14.3 Å². The lowest BCUT2D eigenvalue weighted by atomic mass is 9.77. The maximum Gasteiger partial charge on any atom is 0.232 e. The van der Waals surface area contributed by atoms with E-state index >= 15 is 0 Å². The number of methoxy groups -OCH3 is 1. The summed E-state index contributed by atoms with van der Waals surface area (Å²) < 4.78 is 5.53. The molecule has 0 radical (unpaired) electrons. The van der Waals surface area contributed by atoms with Crippen LogP contribution in [0.2, 0.25) is 0 Å². The number of para-hydroxylation sites is 1. The minimum Gasteiger partial charge on any atom is -0.496 e. The quantitative estimate of drug-likeness (QED) is 0.771. The second-order valence-corrected chi connectivity index (χ2v) is 7.71. The van der Waals surface area contributed by atoms with Crippen molar-refractivity contribution in [2.24, 2.45) is 0 Å². The monoisotopic (exact) mass is 375 g/mol. The molecule has 144 valence electrons. The van der Waals surface area contributed by atoms with Crippen LogP contribution in [-0.2, 0) is 9.59 Å². The zero-order valence-electron chi connectivity index (χ0n) is 16.6. The molecule has 2 aromatic rings. The lowest BCUT2D eigenvalue weighted by Crippen LogP contribution is -2.40. The van der Waals surface area contributed by atoms with Crippen molar-refractivity contribution >= 4 is 17.4 Å². The number of anilines is 1. The highest BCUT2D eigenvalue weighted by Crippen LogP contribution is 2.45. The van der Waals surface area contributed by atoms with Crippen molar-refractivity contribution in [2.45, 2.75) is 45.4 Å². The number of Topliss-reactive ketones (excluding diaryl/α,β-unsaturated/α-hetero) is 1. The van der Waals surface area contributed by atoms with E-state index in [2.05, 4.69) is 6.07 Å². The predicted octanol–water partition coefficient (Wildman–Crippen LogP) is 4.84. The van der Waals surface area contributed by atoms with E-state index in [0.717, 1.165) is 52.2 Å². The number of ether oxygens (including phenoxy) is 1. The lowest BCUT2D eigenvalue weighted by molar-refractivity contribution is -0.119. The van der Waals surface area contributed by atoms with Gasteiger partial charge in [-0.3, -0.25) is 14.5 Å². The van der Waals surface area contributed by atoms with Crippen molar-refractivity contribution in [1.82, 2.24) is 0 Å². The van der Waals surface area contributed by atoms with Gasteiger partial charge in [0.2, 0.25) is 5.91 Å². The molecule has 4 nitrogen and oxygen atoms in total. The Morgan fingerprint density at radius 3 is 2.43 bits per heavy atom. The third-order valence-electron chi connectivity index (χ3n) is 5.65. The van der Waals surface area contributed by atoms with Crippen LogP contribution < -0.4 is 9.64 Å². The topological polar surface area (TPSA) is 46.6 Å². The number of amides is 1. The molecule has 1 amide bonds. The summed E-state index contributed by atoms with van der Waals surface area (Å²) in [4.78, 5) is 28.1. The van der Waals surface area contributed by atoms with E-state index in [1.54, 1.807) is 12.0 Å². The zero-order chi connectivity index (χ0) is 19.8. The summed E-state index contributed by atoms with van der Waals surface area (Å²) in [6, 6.07) is 13.9. The third-order valence-corrected chi connectivity index (χ3v) is 5.65. The highest BCUT2D eigenvalue weighted by molar-refractivity contribution is 6.07. The molecular weight excluding hydrogens is 350 g/mol. The van der Waals surface area contributed by atoms with Crippen molar-refractivity contribution in [3.63, 3.8) is 0 Å². The van der Waals surface area contributed by atoms with E-state index < -0.39 is 0 Å². The van der Waals surface area contributed by atoms with Crippen molar-refractivity contribution in [3.8, 4) is 5.75 Å². The van der Waals surface area contributed by atoms with Crippen LogP contribution in [0.15, 0.2) is 53.7 Å². The molecule has 1 unspecified atom stereocenters. The summed E-state index contributed by atoms with van der Waals surface area (Å²) in [6.07, 6.45) is 2.34. The van der Waals surface area contributed by atoms with Crippen molar-refractivity contribution in [3.05, 3.63) is 70.4 Å². The lowest BCUT2D eigenvalue weighted by Gasteiger charge is -2.38. The molecule has 1 atom stereocenters. The number of carbonyl (C=O) groups is 2. The summed E-state index contributed by atoms with van der Waals surface area (Å²) in [5.74, 6) is 0.673. The molecule has 2 aliphatic rings. The number of allylic oxidation sites excluding steroid dienone is 2. The molecule has 4 rings (SSSR count). The van der Waals surface area contributed by atoms with E-state index in [9.17, 15) is 9.59 Å². The van der Waals surface area contributed by atoms with Gasteiger partial charge < -0.3 is 4.74 Å². The molecule has 4 heteroatoms. The Hall–Kier alpha value is -2.88. The van der Waals surface area contributed by atoms with Crippen LogP contribution in [0, 0.1) is 13.8 Å². The number of carbonyl (C=O) groups excluding carboxylic acids is 2. The van der Waals surface area contributed by atoms with Gasteiger partial charge in [-0.25, -0.2) is 0 Å². The fraction of sp³-hybridized carbons (Fsp3) is 0.333. The average Bonchev–Trinajstić information content (AvgIpc) is 2.66. The number of rotatable bonds is 3. The molecule has 1 heterocycles. The number of aryl methyl sites for hydroxylation is 2. The number of hydrogen-bond donors (Lipinski definition) is 0. The average molecular weight is 375 g/mol. The Morgan fingerprint density at radius 2 is 1.71 bits per heavy atom. The van der Waals surface area contributed by atoms with Gasteiger partial charge in [0.1, 0.15) is 5.75 Å². The molecule has 28 heavy (non-hydrogen) atoms. The molecule has 0 spiro atoms. The second-order valence-electron chi connectivity index (χ2n) is 7.71. The molecular formula is C24H25NO3. The molecule has 1 aliphatic heterocycles. The van der Waals surface area contributed by atoms with Gasteiger partial charge in [0, 0.05) is 41.3 Å². The maximum atomic E-state index is 13.3. The molecule has 0 N–H and O–H groups in total. The standard InChI is InChI=1S/C24H25NO3/c1-15-11-16(2)13-17(12-15)25-20-8-6-9-21(26)24(20)19(14-23(25)27)18-7-4-5-10-22(18)28-3/h4-5,7,10-13,19H,6,8-9,14H2,1-3H3. The first-order valence-electron chi connectivity index (χ1n) is 9.80. The van der Waals surface area contributed by atoms with Crippen LogP contribution in [0.25, 0.3) is 0 Å². The van der Waals surface area contributed by atoms with Crippen LogP contribution >= 0.6 is 0 Å². The first kappa shape index (κ1) is 18.5. The van der Waals surface area contributed by atoms with Gasteiger partial charge in [-0.15, -0.1) is 0 Å². The molecule has 0 saturated heterocycles. The molecule has 2 aromatic carbocycles. The fourth-order valence-electron chi connectivity index (χ4n) is 4.59. The molecule has 0 fully saturated rings. The summed E-state index contributed by atoms with van der Waals surface area (Å²) in [6.45, 7) is 4.06. The molecule has 0 saturated carbocycles. The first-order chi connectivity index (χ1) is 13.5. The van der Waals surface area contributed by atoms with Gasteiger partial charge in [0.15, 0.2) is 5.78 Å². The highest BCUT2D eigenvalue weighted by atomic mass is 16.5. The second kappa shape index (κ2) is 7.27. The highest BCUT2D eigenvalue weighted by Gasteiger charge is 2.40. The van der Waals surface area contributed by atoms with Crippen LogP contribution in [-0.4, -0.2) is 18.8 Å². The van der Waals surface area contributed by atoms with Gasteiger partial charge in [0.25, 0.3) is 0 Å².